The van der Waals surface area contributed by atoms with Crippen LogP contribution >= 0.6 is 0 Å². The van der Waals surface area contributed by atoms with E-state index in [2.05, 4.69) is 4.98 Å². The van der Waals surface area contributed by atoms with Gasteiger partial charge in [0.1, 0.15) is 0 Å². The van der Waals surface area contributed by atoms with Crippen LogP contribution in [-0.4, -0.2) is 29.3 Å². The minimum absolute atomic E-state index is 0.0532. The second-order valence-electron chi connectivity index (χ2n) is 5.43. The molecule has 0 saturated heterocycles. The molecule has 0 fully saturated rings. The van der Waals surface area contributed by atoms with Crippen molar-refractivity contribution in [3.05, 3.63) is 17.3 Å². The fourth-order valence-corrected chi connectivity index (χ4v) is 1.57. The van der Waals surface area contributed by atoms with Gasteiger partial charge in [0.2, 0.25) is 5.76 Å². The lowest BCUT2D eigenvalue weighted by Gasteiger charge is -2.14. The molecule has 1 N–H and O–H groups in total. The normalized spacial score (nSPS) is 13.6. The summed E-state index contributed by atoms with van der Waals surface area (Å²) in [4.78, 5) is 15.4. The van der Waals surface area contributed by atoms with E-state index in [1.165, 1.54) is 0 Å². The first-order valence-electron chi connectivity index (χ1n) is 6.02. The lowest BCUT2D eigenvalue weighted by molar-refractivity contribution is 0.0656. The molecule has 18 heavy (non-hydrogen) atoms. The van der Waals surface area contributed by atoms with Crippen LogP contribution in [0.4, 0.5) is 0 Å². The number of nitrogens with zero attached hydrogens (tertiary/aromatic N) is 1. The van der Waals surface area contributed by atoms with Crippen molar-refractivity contribution >= 4 is 5.97 Å². The van der Waals surface area contributed by atoms with Gasteiger partial charge in [-0.15, -0.1) is 0 Å². The van der Waals surface area contributed by atoms with Crippen molar-refractivity contribution in [2.24, 2.45) is 0 Å². The molecule has 0 spiro atoms. The summed E-state index contributed by atoms with van der Waals surface area (Å²) < 4.78 is 10.5. The third-order valence-corrected chi connectivity index (χ3v) is 2.74. The summed E-state index contributed by atoms with van der Waals surface area (Å²) in [6, 6.07) is 0. The molecule has 1 aromatic heterocycles. The van der Waals surface area contributed by atoms with Crippen molar-refractivity contribution in [2.75, 3.05) is 7.11 Å². The van der Waals surface area contributed by atoms with Crippen molar-refractivity contribution in [3.63, 3.8) is 0 Å². The van der Waals surface area contributed by atoms with Crippen LogP contribution < -0.4 is 0 Å². The Morgan fingerprint density at radius 3 is 2.50 bits per heavy atom. The average Bonchev–Trinajstić information content (AvgIpc) is 2.69. The molecule has 0 aliphatic carbocycles. The Kier molecular flexibility index (Phi) is 4.51. The molecule has 0 radical (unpaired) electrons. The standard InChI is InChI=1S/C13H21NO4/c1-8(17-5)6-7-9-14-11(13(2,3)4)10(18-9)12(15)16/h8H,6-7H2,1-5H3,(H,15,16). The highest BCUT2D eigenvalue weighted by Gasteiger charge is 2.28. The second-order valence-corrected chi connectivity index (χ2v) is 5.43. The van der Waals surface area contributed by atoms with Crippen LogP contribution in [0.3, 0.4) is 0 Å². The van der Waals surface area contributed by atoms with Crippen molar-refractivity contribution in [2.45, 2.75) is 52.1 Å². The molecule has 1 atom stereocenters. The van der Waals surface area contributed by atoms with Gasteiger partial charge in [0, 0.05) is 18.9 Å². The van der Waals surface area contributed by atoms with Crippen molar-refractivity contribution in [1.82, 2.24) is 4.98 Å². The number of carboxylic acids is 1. The quantitative estimate of drug-likeness (QED) is 0.875. The maximum Gasteiger partial charge on any atom is 0.373 e. The van der Waals surface area contributed by atoms with Crippen molar-refractivity contribution in [3.8, 4) is 0 Å². The van der Waals surface area contributed by atoms with Gasteiger partial charge in [0.25, 0.3) is 0 Å². The van der Waals surface area contributed by atoms with Gasteiger partial charge in [-0.3, -0.25) is 0 Å². The third-order valence-electron chi connectivity index (χ3n) is 2.74. The second kappa shape index (κ2) is 5.52. The van der Waals surface area contributed by atoms with Gasteiger partial charge in [-0.2, -0.15) is 0 Å². The van der Waals surface area contributed by atoms with Crippen LogP contribution in [0.5, 0.6) is 0 Å². The van der Waals surface area contributed by atoms with Crippen LogP contribution in [-0.2, 0) is 16.6 Å². The fourth-order valence-electron chi connectivity index (χ4n) is 1.57. The predicted molar refractivity (Wildman–Crippen MR) is 67.0 cm³/mol. The number of aryl methyl sites for hydroxylation is 1. The van der Waals surface area contributed by atoms with E-state index in [-0.39, 0.29) is 17.3 Å². The smallest absolute Gasteiger partial charge is 0.373 e. The zero-order chi connectivity index (χ0) is 13.9. The Hall–Kier alpha value is -1.36. The van der Waals surface area contributed by atoms with Crippen molar-refractivity contribution < 1.29 is 19.1 Å². The Bertz CT molecular complexity index is 417. The molecule has 5 heteroatoms. The lowest BCUT2D eigenvalue weighted by atomic mass is 9.91. The van der Waals surface area contributed by atoms with Crippen LogP contribution in [0.15, 0.2) is 4.42 Å². The number of ether oxygens (including phenoxy) is 1. The molecule has 1 rings (SSSR count). The Balaban J connectivity index is 2.93. The first kappa shape index (κ1) is 14.7. The molecule has 5 nitrogen and oxygen atoms in total. The van der Waals surface area contributed by atoms with E-state index in [0.29, 0.717) is 18.0 Å². The summed E-state index contributed by atoms with van der Waals surface area (Å²) in [5.41, 5.74) is 0.151. The number of hydrogen-bond acceptors (Lipinski definition) is 4. The molecule has 0 aliphatic rings. The van der Waals surface area contributed by atoms with Gasteiger partial charge in [0.05, 0.1) is 11.8 Å². The van der Waals surface area contributed by atoms with E-state index in [1.54, 1.807) is 7.11 Å². The van der Waals surface area contributed by atoms with E-state index < -0.39 is 5.97 Å². The maximum atomic E-state index is 11.1. The summed E-state index contributed by atoms with van der Waals surface area (Å²) in [5, 5.41) is 9.11. The molecular formula is C13H21NO4. The number of carbonyl (C=O) groups is 1. The highest BCUT2D eigenvalue weighted by Crippen LogP contribution is 2.26. The van der Waals surface area contributed by atoms with Crippen molar-refractivity contribution in [1.29, 1.82) is 0 Å². The molecule has 0 aromatic carbocycles. The first-order valence-corrected chi connectivity index (χ1v) is 6.02. The van der Waals surface area contributed by atoms with Gasteiger partial charge in [-0.25, -0.2) is 9.78 Å². The van der Waals surface area contributed by atoms with Gasteiger partial charge in [0.15, 0.2) is 5.89 Å². The molecule has 0 saturated carbocycles. The summed E-state index contributed by atoms with van der Waals surface area (Å²) >= 11 is 0. The zero-order valence-electron chi connectivity index (χ0n) is 11.6. The number of methoxy groups -OCH3 is 1. The highest BCUT2D eigenvalue weighted by atomic mass is 16.5. The summed E-state index contributed by atoms with van der Waals surface area (Å²) in [6.07, 6.45) is 1.42. The highest BCUT2D eigenvalue weighted by molar-refractivity contribution is 5.86. The Morgan fingerprint density at radius 1 is 1.50 bits per heavy atom. The molecular weight excluding hydrogens is 234 g/mol. The number of rotatable bonds is 5. The summed E-state index contributed by atoms with van der Waals surface area (Å²) in [6.45, 7) is 7.70. The van der Waals surface area contributed by atoms with E-state index in [0.717, 1.165) is 6.42 Å². The monoisotopic (exact) mass is 255 g/mol. The van der Waals surface area contributed by atoms with Crippen LogP contribution in [0.25, 0.3) is 0 Å². The van der Waals surface area contributed by atoms with E-state index in [1.807, 2.05) is 27.7 Å². The third kappa shape index (κ3) is 3.57. The van der Waals surface area contributed by atoms with Gasteiger partial charge < -0.3 is 14.3 Å². The fraction of sp³-hybridized carbons (Fsp3) is 0.692. The minimum atomic E-state index is -1.07. The van der Waals surface area contributed by atoms with Crippen LogP contribution in [0.1, 0.15) is 56.3 Å². The van der Waals surface area contributed by atoms with Crippen LogP contribution in [0, 0.1) is 0 Å². The number of hydrogen-bond donors (Lipinski definition) is 1. The average molecular weight is 255 g/mol. The van der Waals surface area contributed by atoms with Gasteiger partial charge in [-0.05, 0) is 13.3 Å². The van der Waals surface area contributed by atoms with Gasteiger partial charge >= 0.3 is 5.97 Å². The zero-order valence-corrected chi connectivity index (χ0v) is 11.6. The largest absolute Gasteiger partial charge is 0.475 e. The predicted octanol–water partition coefficient (Wildman–Crippen LogP) is 2.64. The molecule has 0 aliphatic heterocycles. The lowest BCUT2D eigenvalue weighted by Crippen LogP contribution is -2.16. The number of aromatic carboxylic acids is 1. The topological polar surface area (TPSA) is 72.6 Å². The minimum Gasteiger partial charge on any atom is -0.475 e. The molecule has 1 heterocycles. The maximum absolute atomic E-state index is 11.1. The number of oxazole rings is 1. The molecule has 1 unspecified atom stereocenters. The number of carboxylic acid groups (broad SMARTS) is 1. The summed E-state index contributed by atoms with van der Waals surface area (Å²) in [7, 11) is 1.64. The SMILES string of the molecule is COC(C)CCc1nc(C(C)(C)C)c(C(=O)O)o1. The summed E-state index contributed by atoms with van der Waals surface area (Å²) in [5.74, 6) is -0.665. The number of aromatic nitrogens is 1. The Labute approximate surface area is 107 Å². The van der Waals surface area contributed by atoms with Gasteiger partial charge in [-0.1, -0.05) is 20.8 Å². The van der Waals surface area contributed by atoms with E-state index in [4.69, 9.17) is 14.3 Å². The Morgan fingerprint density at radius 2 is 2.11 bits per heavy atom. The molecule has 102 valence electrons. The molecule has 0 bridgehead atoms. The first-order chi connectivity index (χ1) is 8.25. The van der Waals surface area contributed by atoms with E-state index >= 15 is 0 Å². The molecule has 1 aromatic rings. The molecule has 0 amide bonds. The van der Waals surface area contributed by atoms with Crippen LogP contribution in [0.2, 0.25) is 0 Å². The van der Waals surface area contributed by atoms with E-state index in [9.17, 15) is 4.79 Å².